The number of amides is 1. The van der Waals surface area contributed by atoms with Gasteiger partial charge in [0.25, 0.3) is 5.91 Å². The van der Waals surface area contributed by atoms with Crippen molar-refractivity contribution >= 4 is 5.91 Å². The lowest BCUT2D eigenvalue weighted by Gasteiger charge is -2.14. The van der Waals surface area contributed by atoms with Gasteiger partial charge in [0.1, 0.15) is 5.82 Å². The Kier molecular flexibility index (Phi) is 4.53. The third-order valence-corrected chi connectivity index (χ3v) is 5.56. The Bertz CT molecular complexity index is 1050. The van der Waals surface area contributed by atoms with E-state index in [4.69, 9.17) is 0 Å². The van der Waals surface area contributed by atoms with Gasteiger partial charge < -0.3 is 5.32 Å². The van der Waals surface area contributed by atoms with Crippen LogP contribution in [0.4, 0.5) is 4.39 Å². The second-order valence-electron chi connectivity index (χ2n) is 7.42. The Labute approximate surface area is 163 Å². The van der Waals surface area contributed by atoms with Gasteiger partial charge in [0.15, 0.2) is 5.69 Å². The number of hydrogen-bond acceptors (Lipinski definition) is 3. The molecule has 0 spiro atoms. The molecule has 2 aromatic heterocycles. The molecule has 1 aromatic carbocycles. The van der Waals surface area contributed by atoms with Crippen LogP contribution in [0.1, 0.15) is 58.1 Å². The maximum absolute atomic E-state index is 13.3. The van der Waals surface area contributed by atoms with Gasteiger partial charge in [0, 0.05) is 29.6 Å². The van der Waals surface area contributed by atoms with Crippen LogP contribution in [0.5, 0.6) is 0 Å². The number of aryl methyl sites for hydroxylation is 2. The van der Waals surface area contributed by atoms with E-state index in [9.17, 15) is 9.18 Å². The van der Waals surface area contributed by atoms with Crippen molar-refractivity contribution in [3.05, 3.63) is 64.0 Å². The minimum Gasteiger partial charge on any atom is -0.344 e. The minimum atomic E-state index is -0.290. The van der Waals surface area contributed by atoms with Crippen molar-refractivity contribution in [3.8, 4) is 5.69 Å². The van der Waals surface area contributed by atoms with Gasteiger partial charge in [-0.25, -0.2) is 9.07 Å². The molecule has 2 heterocycles. The second-order valence-corrected chi connectivity index (χ2v) is 7.42. The largest absolute Gasteiger partial charge is 0.344 e. The van der Waals surface area contributed by atoms with Crippen molar-refractivity contribution < 1.29 is 9.18 Å². The smallest absolute Gasteiger partial charge is 0.272 e. The number of nitrogens with one attached hydrogen (secondary N) is 1. The summed E-state index contributed by atoms with van der Waals surface area (Å²) >= 11 is 0. The normalized spacial score (nSPS) is 14.2. The van der Waals surface area contributed by atoms with Crippen molar-refractivity contribution in [2.45, 2.75) is 46.1 Å². The first kappa shape index (κ1) is 18.4. The fourth-order valence-electron chi connectivity index (χ4n) is 4.17. The number of carbonyl (C=O) groups excluding carboxylic acids is 1. The standard InChI is InChI=1S/C21H24FN5O/c1-12(19-13(2)24-26(4)14(19)3)23-21(28)20-17-6-5-7-18(17)27(25-20)16-10-8-15(22)9-11-16/h8-12H,5-7H2,1-4H3,(H,23,28)/t12-/m1/s1. The van der Waals surface area contributed by atoms with Gasteiger partial charge in [-0.15, -0.1) is 0 Å². The first-order valence-electron chi connectivity index (χ1n) is 9.54. The Morgan fingerprint density at radius 3 is 2.54 bits per heavy atom. The minimum absolute atomic E-state index is 0.172. The summed E-state index contributed by atoms with van der Waals surface area (Å²) in [4.78, 5) is 13.0. The molecular formula is C21H24FN5O. The molecular weight excluding hydrogens is 357 g/mol. The fourth-order valence-corrected chi connectivity index (χ4v) is 4.17. The zero-order chi connectivity index (χ0) is 20.0. The van der Waals surface area contributed by atoms with E-state index in [0.29, 0.717) is 5.69 Å². The molecule has 1 aliphatic rings. The first-order valence-corrected chi connectivity index (χ1v) is 9.54. The number of hydrogen-bond donors (Lipinski definition) is 1. The van der Waals surface area contributed by atoms with Gasteiger partial charge in [0.2, 0.25) is 0 Å². The molecule has 1 atom stereocenters. The average molecular weight is 381 g/mol. The highest BCUT2D eigenvalue weighted by atomic mass is 19.1. The van der Waals surface area contributed by atoms with E-state index in [0.717, 1.165) is 53.2 Å². The third kappa shape index (κ3) is 3.00. The lowest BCUT2D eigenvalue weighted by atomic mass is 10.1. The molecule has 1 aliphatic carbocycles. The summed E-state index contributed by atoms with van der Waals surface area (Å²) in [5.41, 5.74) is 6.24. The lowest BCUT2D eigenvalue weighted by Crippen LogP contribution is -2.28. The van der Waals surface area contributed by atoms with Crippen LogP contribution >= 0.6 is 0 Å². The number of aromatic nitrogens is 4. The monoisotopic (exact) mass is 381 g/mol. The van der Waals surface area contributed by atoms with Crippen LogP contribution in [-0.4, -0.2) is 25.5 Å². The van der Waals surface area contributed by atoms with Gasteiger partial charge in [-0.3, -0.25) is 9.48 Å². The first-order chi connectivity index (χ1) is 13.4. The fraction of sp³-hybridized carbons (Fsp3) is 0.381. The van der Waals surface area contributed by atoms with Gasteiger partial charge in [-0.1, -0.05) is 0 Å². The highest BCUT2D eigenvalue weighted by Gasteiger charge is 2.28. The van der Waals surface area contributed by atoms with E-state index in [1.165, 1.54) is 12.1 Å². The molecule has 1 N–H and O–H groups in total. The van der Waals surface area contributed by atoms with E-state index < -0.39 is 0 Å². The van der Waals surface area contributed by atoms with E-state index in [-0.39, 0.29) is 17.8 Å². The number of halogens is 1. The SMILES string of the molecule is Cc1nn(C)c(C)c1[C@@H](C)NC(=O)c1nn(-c2ccc(F)cc2)c2c1CCC2. The summed E-state index contributed by atoms with van der Waals surface area (Å²) in [5.74, 6) is -0.476. The van der Waals surface area contributed by atoms with Crippen molar-refractivity contribution in [2.75, 3.05) is 0 Å². The number of rotatable bonds is 4. The lowest BCUT2D eigenvalue weighted by molar-refractivity contribution is 0.0933. The van der Waals surface area contributed by atoms with Crippen LogP contribution < -0.4 is 5.32 Å². The van der Waals surface area contributed by atoms with Crippen molar-refractivity contribution in [2.24, 2.45) is 7.05 Å². The molecule has 28 heavy (non-hydrogen) atoms. The molecule has 0 aliphatic heterocycles. The molecule has 3 aromatic rings. The predicted molar refractivity (Wildman–Crippen MR) is 104 cm³/mol. The Morgan fingerprint density at radius 1 is 1.18 bits per heavy atom. The summed E-state index contributed by atoms with van der Waals surface area (Å²) < 4.78 is 16.9. The van der Waals surface area contributed by atoms with Crippen LogP contribution in [0.15, 0.2) is 24.3 Å². The number of nitrogens with zero attached hydrogens (tertiary/aromatic N) is 4. The van der Waals surface area contributed by atoms with Crippen molar-refractivity contribution in [3.63, 3.8) is 0 Å². The molecule has 0 unspecified atom stereocenters. The Balaban J connectivity index is 1.65. The summed E-state index contributed by atoms with van der Waals surface area (Å²) in [6.07, 6.45) is 2.69. The summed E-state index contributed by atoms with van der Waals surface area (Å²) in [5, 5.41) is 12.1. The topological polar surface area (TPSA) is 64.7 Å². The van der Waals surface area contributed by atoms with Gasteiger partial charge in [-0.05, 0) is 64.3 Å². The average Bonchev–Trinajstić information content (AvgIpc) is 3.30. The predicted octanol–water partition coefficient (Wildman–Crippen LogP) is 3.34. The second kappa shape index (κ2) is 6.89. The number of fused-ring (bicyclic) bond motifs is 1. The molecule has 0 fully saturated rings. The van der Waals surface area contributed by atoms with E-state index in [1.54, 1.807) is 16.8 Å². The molecule has 0 bridgehead atoms. The van der Waals surface area contributed by atoms with E-state index >= 15 is 0 Å². The third-order valence-electron chi connectivity index (χ3n) is 5.56. The summed E-state index contributed by atoms with van der Waals surface area (Å²) in [6, 6.07) is 6.03. The zero-order valence-corrected chi connectivity index (χ0v) is 16.6. The van der Waals surface area contributed by atoms with Gasteiger partial charge in [0.05, 0.1) is 17.4 Å². The number of carbonyl (C=O) groups is 1. The van der Waals surface area contributed by atoms with Crippen LogP contribution in [0, 0.1) is 19.7 Å². The maximum atomic E-state index is 13.3. The molecule has 7 heteroatoms. The highest BCUT2D eigenvalue weighted by molar-refractivity contribution is 5.94. The Morgan fingerprint density at radius 2 is 1.89 bits per heavy atom. The molecule has 1 amide bonds. The zero-order valence-electron chi connectivity index (χ0n) is 16.6. The van der Waals surface area contributed by atoms with Crippen LogP contribution in [0.2, 0.25) is 0 Å². The van der Waals surface area contributed by atoms with Gasteiger partial charge >= 0.3 is 0 Å². The highest BCUT2D eigenvalue weighted by Crippen LogP contribution is 2.29. The van der Waals surface area contributed by atoms with E-state index in [1.807, 2.05) is 32.5 Å². The molecule has 0 saturated carbocycles. The molecule has 4 rings (SSSR count). The van der Waals surface area contributed by atoms with Crippen molar-refractivity contribution in [1.82, 2.24) is 24.9 Å². The van der Waals surface area contributed by atoms with Crippen molar-refractivity contribution in [1.29, 1.82) is 0 Å². The molecule has 6 nitrogen and oxygen atoms in total. The van der Waals surface area contributed by atoms with Crippen LogP contribution in [-0.2, 0) is 19.9 Å². The molecule has 0 radical (unpaired) electrons. The van der Waals surface area contributed by atoms with Crippen LogP contribution in [0.3, 0.4) is 0 Å². The quantitative estimate of drug-likeness (QED) is 0.754. The van der Waals surface area contributed by atoms with Crippen LogP contribution in [0.25, 0.3) is 5.69 Å². The summed E-state index contributed by atoms with van der Waals surface area (Å²) in [7, 11) is 1.90. The molecule has 0 saturated heterocycles. The molecule has 146 valence electrons. The maximum Gasteiger partial charge on any atom is 0.272 e. The number of benzene rings is 1. The van der Waals surface area contributed by atoms with E-state index in [2.05, 4.69) is 15.5 Å². The summed E-state index contributed by atoms with van der Waals surface area (Å²) in [6.45, 7) is 5.91. The van der Waals surface area contributed by atoms with Gasteiger partial charge in [-0.2, -0.15) is 10.2 Å². The Hall–Kier alpha value is -2.96.